The molecule has 0 radical (unpaired) electrons. The van der Waals surface area contributed by atoms with Crippen LogP contribution in [0.2, 0.25) is 0 Å². The second kappa shape index (κ2) is 7.16. The second-order valence-electron chi connectivity index (χ2n) is 8.05. The predicted molar refractivity (Wildman–Crippen MR) is 112 cm³/mol. The molecular formula is C23H22N2O5. The standard InChI is InChI=1S/C23H22N2O5/c26-23(27)15-9-10-16-19(13-15)24-11-12-30-22-17(7-4-8-18(22)25(28)29)21(24)20(16)14-5-2-1-3-6-14/h4,7-10,13-14H,1-3,5-6,11-12H2,(H,26,27). The van der Waals surface area contributed by atoms with Crippen LogP contribution < -0.4 is 4.74 Å². The summed E-state index contributed by atoms with van der Waals surface area (Å²) in [6, 6.07) is 10.3. The number of nitro benzene ring substituents is 1. The Kier molecular flexibility index (Phi) is 4.46. The fraction of sp³-hybridized carbons (Fsp3) is 0.348. The zero-order valence-electron chi connectivity index (χ0n) is 16.5. The van der Waals surface area contributed by atoms with Crippen molar-refractivity contribution in [2.45, 2.75) is 44.6 Å². The van der Waals surface area contributed by atoms with Gasteiger partial charge in [0.1, 0.15) is 6.61 Å². The van der Waals surface area contributed by atoms with Crippen molar-refractivity contribution in [1.82, 2.24) is 4.57 Å². The van der Waals surface area contributed by atoms with E-state index in [2.05, 4.69) is 4.57 Å². The summed E-state index contributed by atoms with van der Waals surface area (Å²) < 4.78 is 7.97. The van der Waals surface area contributed by atoms with Gasteiger partial charge in [-0.1, -0.05) is 31.4 Å². The molecule has 1 aliphatic heterocycles. The molecule has 0 bridgehead atoms. The lowest BCUT2D eigenvalue weighted by Crippen LogP contribution is -2.07. The Bertz CT molecular complexity index is 1170. The van der Waals surface area contributed by atoms with Crippen LogP contribution in [0.15, 0.2) is 36.4 Å². The number of hydrogen-bond acceptors (Lipinski definition) is 4. The maximum Gasteiger partial charge on any atom is 0.335 e. The van der Waals surface area contributed by atoms with Crippen LogP contribution in [0.1, 0.15) is 53.9 Å². The molecule has 30 heavy (non-hydrogen) atoms. The van der Waals surface area contributed by atoms with Crippen LogP contribution in [0.3, 0.4) is 0 Å². The molecule has 1 fully saturated rings. The van der Waals surface area contributed by atoms with Gasteiger partial charge in [-0.15, -0.1) is 0 Å². The van der Waals surface area contributed by atoms with E-state index in [0.29, 0.717) is 18.2 Å². The minimum absolute atomic E-state index is 0.0352. The van der Waals surface area contributed by atoms with E-state index < -0.39 is 10.9 Å². The molecule has 1 aliphatic carbocycles. The molecule has 2 heterocycles. The first-order valence-corrected chi connectivity index (χ1v) is 10.4. The SMILES string of the molecule is O=C(O)c1ccc2c(C3CCCCC3)c3n(c2c1)CCOc1c-3cccc1[N+](=O)[O-]. The number of aromatic nitrogens is 1. The maximum atomic E-state index is 11.6. The van der Waals surface area contributed by atoms with Crippen molar-refractivity contribution in [1.29, 1.82) is 0 Å². The van der Waals surface area contributed by atoms with Crippen LogP contribution >= 0.6 is 0 Å². The third-order valence-corrected chi connectivity index (χ3v) is 6.37. The van der Waals surface area contributed by atoms with Gasteiger partial charge in [0.05, 0.1) is 22.7 Å². The largest absolute Gasteiger partial charge is 0.484 e. The molecule has 1 N–H and O–H groups in total. The minimum atomic E-state index is -0.965. The fourth-order valence-corrected chi connectivity index (χ4v) is 5.08. The van der Waals surface area contributed by atoms with Gasteiger partial charge in [-0.2, -0.15) is 0 Å². The van der Waals surface area contributed by atoms with Gasteiger partial charge in [-0.3, -0.25) is 10.1 Å². The van der Waals surface area contributed by atoms with Crippen LogP contribution in [0.4, 0.5) is 5.69 Å². The molecule has 1 saturated carbocycles. The Morgan fingerprint density at radius 3 is 2.70 bits per heavy atom. The van der Waals surface area contributed by atoms with E-state index in [9.17, 15) is 20.0 Å². The van der Waals surface area contributed by atoms with Crippen molar-refractivity contribution in [2.75, 3.05) is 6.61 Å². The van der Waals surface area contributed by atoms with E-state index in [-0.39, 0.29) is 17.9 Å². The number of hydrogen-bond donors (Lipinski definition) is 1. The Morgan fingerprint density at radius 1 is 1.17 bits per heavy atom. The van der Waals surface area contributed by atoms with Crippen molar-refractivity contribution in [3.05, 3.63) is 57.6 Å². The number of rotatable bonds is 3. The summed E-state index contributed by atoms with van der Waals surface area (Å²) >= 11 is 0. The molecule has 0 saturated heterocycles. The first kappa shape index (κ1) is 18.7. The predicted octanol–water partition coefficient (Wildman–Crippen LogP) is 5.35. The molecule has 2 aromatic carbocycles. The highest BCUT2D eigenvalue weighted by Gasteiger charge is 2.32. The van der Waals surface area contributed by atoms with Gasteiger partial charge >= 0.3 is 11.7 Å². The Labute approximate surface area is 173 Å². The Morgan fingerprint density at radius 2 is 1.97 bits per heavy atom. The first-order valence-electron chi connectivity index (χ1n) is 10.4. The van der Waals surface area contributed by atoms with Crippen molar-refractivity contribution in [2.24, 2.45) is 0 Å². The van der Waals surface area contributed by atoms with Crippen molar-refractivity contribution < 1.29 is 19.6 Å². The number of para-hydroxylation sites is 1. The van der Waals surface area contributed by atoms with Crippen LogP contribution in [0.5, 0.6) is 5.75 Å². The van der Waals surface area contributed by atoms with Crippen LogP contribution in [-0.2, 0) is 6.54 Å². The highest BCUT2D eigenvalue weighted by Crippen LogP contribution is 2.49. The van der Waals surface area contributed by atoms with E-state index in [1.807, 2.05) is 12.1 Å². The minimum Gasteiger partial charge on any atom is -0.484 e. The maximum absolute atomic E-state index is 11.6. The summed E-state index contributed by atoms with van der Waals surface area (Å²) in [6.07, 6.45) is 5.67. The van der Waals surface area contributed by atoms with Gasteiger partial charge in [0.2, 0.25) is 5.75 Å². The number of benzene rings is 2. The average molecular weight is 406 g/mol. The molecule has 5 rings (SSSR count). The van der Waals surface area contributed by atoms with Crippen molar-refractivity contribution >= 4 is 22.6 Å². The molecule has 0 atom stereocenters. The first-order chi connectivity index (χ1) is 14.6. The van der Waals surface area contributed by atoms with Gasteiger partial charge in [-0.25, -0.2) is 4.79 Å². The topological polar surface area (TPSA) is 94.6 Å². The molecule has 0 unspecified atom stereocenters. The normalized spacial score (nSPS) is 16.4. The van der Waals surface area contributed by atoms with Crippen LogP contribution in [0.25, 0.3) is 22.2 Å². The molecular weight excluding hydrogens is 384 g/mol. The lowest BCUT2D eigenvalue weighted by atomic mass is 9.81. The third kappa shape index (κ3) is 2.84. The average Bonchev–Trinajstić information content (AvgIpc) is 2.95. The van der Waals surface area contributed by atoms with Gasteiger partial charge < -0.3 is 14.4 Å². The monoisotopic (exact) mass is 406 g/mol. The number of carbonyl (C=O) groups is 1. The summed E-state index contributed by atoms with van der Waals surface area (Å²) in [4.78, 5) is 22.8. The van der Waals surface area contributed by atoms with Gasteiger partial charge in [0, 0.05) is 22.5 Å². The number of fused-ring (bicyclic) bond motifs is 5. The van der Waals surface area contributed by atoms with Crippen LogP contribution in [-0.4, -0.2) is 27.2 Å². The lowest BCUT2D eigenvalue weighted by Gasteiger charge is -2.23. The molecule has 7 heteroatoms. The second-order valence-corrected chi connectivity index (χ2v) is 8.05. The number of nitro groups is 1. The highest BCUT2D eigenvalue weighted by molar-refractivity contribution is 5.99. The number of carboxylic acids is 1. The molecule has 3 aromatic rings. The number of aromatic carboxylic acids is 1. The summed E-state index contributed by atoms with van der Waals surface area (Å²) in [6.45, 7) is 0.795. The molecule has 0 amide bonds. The Hall–Kier alpha value is -3.35. The third-order valence-electron chi connectivity index (χ3n) is 6.37. The molecule has 154 valence electrons. The van der Waals surface area contributed by atoms with E-state index in [4.69, 9.17) is 4.74 Å². The summed E-state index contributed by atoms with van der Waals surface area (Å²) in [7, 11) is 0. The zero-order chi connectivity index (χ0) is 20.8. The van der Waals surface area contributed by atoms with Gasteiger partial charge in [-0.05, 0) is 42.5 Å². The smallest absolute Gasteiger partial charge is 0.335 e. The number of ether oxygens (including phenoxy) is 1. The zero-order valence-corrected chi connectivity index (χ0v) is 16.5. The van der Waals surface area contributed by atoms with Crippen molar-refractivity contribution in [3.8, 4) is 17.0 Å². The van der Waals surface area contributed by atoms with E-state index in [1.165, 1.54) is 18.1 Å². The molecule has 0 spiro atoms. The summed E-state index contributed by atoms with van der Waals surface area (Å²) in [5.41, 5.74) is 3.89. The van der Waals surface area contributed by atoms with E-state index >= 15 is 0 Å². The summed E-state index contributed by atoms with van der Waals surface area (Å²) in [5, 5.41) is 22.2. The molecule has 2 aliphatic rings. The molecule has 1 aromatic heterocycles. The highest BCUT2D eigenvalue weighted by atomic mass is 16.6. The van der Waals surface area contributed by atoms with E-state index in [1.54, 1.807) is 18.2 Å². The fourth-order valence-electron chi connectivity index (χ4n) is 5.08. The van der Waals surface area contributed by atoms with E-state index in [0.717, 1.165) is 47.8 Å². The van der Waals surface area contributed by atoms with Gasteiger partial charge in [0.15, 0.2) is 0 Å². The number of carboxylic acid groups (broad SMARTS) is 1. The lowest BCUT2D eigenvalue weighted by molar-refractivity contribution is -0.385. The molecule has 7 nitrogen and oxygen atoms in total. The Balaban J connectivity index is 1.85. The van der Waals surface area contributed by atoms with Gasteiger partial charge in [0.25, 0.3) is 0 Å². The van der Waals surface area contributed by atoms with Crippen molar-refractivity contribution in [3.63, 3.8) is 0 Å². The van der Waals surface area contributed by atoms with Crippen LogP contribution in [0, 0.1) is 10.1 Å². The number of nitrogens with zero attached hydrogens (tertiary/aromatic N) is 2. The quantitative estimate of drug-likeness (QED) is 0.467. The summed E-state index contributed by atoms with van der Waals surface area (Å²) in [5.74, 6) is -0.314.